The third kappa shape index (κ3) is 26.6. The molecule has 0 aliphatic carbocycles. The SMILES string of the molecule is Cc1cn(CC(=O)N(CCNC(=O)CN(CCNC(=O)CN(CCNC(=O)CN(CCN)C(=O)Cn2cnc3c(=O)[nH]c(N)nc32)C(=O)Cc2cc3cccnc3[nH]c2=O)C(=O)Cn2cnc3c(N)ncnc32)CC(=O)NCCN(CC(=O)NCCN(CC(=O)N[C@@H](CCCCN)C(N)=O)C(=O)Cn2ccc(N)nc2=O)C(=O)Cn2cnc3c(N)ncnc32)c(=O)[nH]c1=O. The molecule has 10 aromatic heterocycles. The topological polar surface area (TPSA) is 782 Å². The fourth-order valence-electron chi connectivity index (χ4n) is 13.0. The average Bonchev–Trinajstić information content (AvgIpc) is 1.80. The molecule has 0 saturated carbocycles. The summed E-state index contributed by atoms with van der Waals surface area (Å²) in [5.74, 6) is -10.9. The van der Waals surface area contributed by atoms with Crippen LogP contribution in [0.5, 0.6) is 0 Å². The Balaban J connectivity index is 0.807. The van der Waals surface area contributed by atoms with Gasteiger partial charge in [0.15, 0.2) is 34.1 Å². The Morgan fingerprint density at radius 1 is 0.450 bits per heavy atom. The van der Waals surface area contributed by atoms with Crippen LogP contribution in [0, 0.1) is 6.92 Å². The predicted octanol–water partition coefficient (Wildman–Crippen LogP) is -11.7. The zero-order valence-corrected chi connectivity index (χ0v) is 69.6. The van der Waals surface area contributed by atoms with E-state index in [0.717, 1.165) is 57.4 Å². The maximum Gasteiger partial charge on any atom is 0.349 e. The van der Waals surface area contributed by atoms with Gasteiger partial charge in [0.25, 0.3) is 16.7 Å². The van der Waals surface area contributed by atoms with Gasteiger partial charge in [-0.05, 0) is 57.0 Å². The predicted molar refractivity (Wildman–Crippen MR) is 455 cm³/mol. The third-order valence-electron chi connectivity index (χ3n) is 19.7. The number of nitrogens with zero attached hydrogens (tertiary/aromatic N) is 21. The first-order valence-corrected chi connectivity index (χ1v) is 39.9. The molecular formula is C74H95N37O18. The molecule has 10 heterocycles. The van der Waals surface area contributed by atoms with Crippen molar-refractivity contribution in [2.75, 3.05) is 147 Å². The summed E-state index contributed by atoms with van der Waals surface area (Å²) in [7, 11) is 0. The van der Waals surface area contributed by atoms with Crippen molar-refractivity contribution in [2.24, 2.45) is 17.2 Å². The third-order valence-corrected chi connectivity index (χ3v) is 19.7. The molecule has 13 amide bonds. The minimum absolute atomic E-state index is 0.000944. The second kappa shape index (κ2) is 44.8. The number of aromatic amines is 3. The van der Waals surface area contributed by atoms with Crippen LogP contribution in [0.4, 0.5) is 23.4 Å². The summed E-state index contributed by atoms with van der Waals surface area (Å²) >= 11 is 0. The number of aromatic nitrogens is 18. The summed E-state index contributed by atoms with van der Waals surface area (Å²) in [5.41, 5.74) is 37.1. The zero-order valence-electron chi connectivity index (χ0n) is 69.6. The van der Waals surface area contributed by atoms with E-state index in [9.17, 15) is 86.3 Å². The summed E-state index contributed by atoms with van der Waals surface area (Å²) < 4.78 is 5.65. The number of nitrogens with two attached hydrogens (primary N) is 7. The smallest absolute Gasteiger partial charge is 0.349 e. The second-order valence-corrected chi connectivity index (χ2v) is 29.0. The minimum atomic E-state index is -1.14. The zero-order chi connectivity index (χ0) is 93.1. The monoisotopic (exact) mass is 1790 g/mol. The number of hydrogen-bond donors (Lipinski definition) is 16. The summed E-state index contributed by atoms with van der Waals surface area (Å²) in [6, 6.07) is 4.81. The van der Waals surface area contributed by atoms with Crippen LogP contribution in [-0.4, -0.2) is 324 Å². The van der Waals surface area contributed by atoms with Crippen molar-refractivity contribution >= 4 is 145 Å². The van der Waals surface area contributed by atoms with E-state index in [-0.39, 0.29) is 113 Å². The number of unbranched alkanes of at least 4 members (excludes halogenated alkanes) is 1. The van der Waals surface area contributed by atoms with Crippen molar-refractivity contribution in [3.05, 3.63) is 138 Å². The number of carbonyl (C=O) groups excluding carboxylic acids is 13. The van der Waals surface area contributed by atoms with Crippen LogP contribution in [0.1, 0.15) is 30.4 Å². The minimum Gasteiger partial charge on any atom is -0.383 e. The van der Waals surface area contributed by atoms with Crippen molar-refractivity contribution in [1.29, 1.82) is 0 Å². The molecule has 1 atom stereocenters. The number of imidazole rings is 3. The molecule has 0 saturated heterocycles. The van der Waals surface area contributed by atoms with Gasteiger partial charge < -0.3 is 120 Å². The molecule has 0 aliphatic heterocycles. The van der Waals surface area contributed by atoms with E-state index in [2.05, 4.69) is 96.7 Å². The molecule has 0 aliphatic rings. The molecule has 10 aromatic rings. The summed E-state index contributed by atoms with van der Waals surface area (Å²) in [6.07, 6.45) is 10.2. The van der Waals surface area contributed by atoms with E-state index in [1.807, 2.05) is 0 Å². The fourth-order valence-corrected chi connectivity index (χ4v) is 13.0. The lowest BCUT2D eigenvalue weighted by Gasteiger charge is -2.26. The number of aryl methyl sites for hydroxylation is 1. The van der Waals surface area contributed by atoms with Gasteiger partial charge in [0, 0.05) is 114 Å². The maximum atomic E-state index is 14.5. The number of nitrogens with one attached hydrogen (secondary N) is 9. The number of nitrogen functional groups attached to an aromatic ring is 4. The van der Waals surface area contributed by atoms with Gasteiger partial charge in [-0.1, -0.05) is 0 Å². The van der Waals surface area contributed by atoms with Gasteiger partial charge in [-0.25, -0.2) is 49.5 Å². The van der Waals surface area contributed by atoms with Crippen molar-refractivity contribution in [3.63, 3.8) is 0 Å². The van der Waals surface area contributed by atoms with Gasteiger partial charge in [-0.3, -0.25) is 95.8 Å². The number of H-pyrrole nitrogens is 3. The molecule has 55 nitrogen and oxygen atoms in total. The normalized spacial score (nSPS) is 11.4. The molecule has 0 bridgehead atoms. The highest BCUT2D eigenvalue weighted by Crippen LogP contribution is 2.18. The quantitative estimate of drug-likeness (QED) is 0.0158. The Bertz CT molecular complexity index is 6170. The highest BCUT2D eigenvalue weighted by atomic mass is 16.2. The lowest BCUT2D eigenvalue weighted by molar-refractivity contribution is -0.138. The molecule has 0 aromatic carbocycles. The lowest BCUT2D eigenvalue weighted by Crippen LogP contribution is -2.51. The first-order valence-electron chi connectivity index (χ1n) is 39.9. The second-order valence-electron chi connectivity index (χ2n) is 29.0. The van der Waals surface area contributed by atoms with E-state index in [0.29, 0.717) is 24.8 Å². The number of anilines is 4. The molecule has 0 fully saturated rings. The number of hydrogen-bond acceptors (Lipinski definition) is 34. The molecule has 0 spiro atoms. The first kappa shape index (κ1) is 94.8. The van der Waals surface area contributed by atoms with Crippen molar-refractivity contribution < 1.29 is 62.3 Å². The van der Waals surface area contributed by atoms with Crippen LogP contribution in [0.3, 0.4) is 0 Å². The molecule has 0 unspecified atom stereocenters. The van der Waals surface area contributed by atoms with Crippen LogP contribution >= 0.6 is 0 Å². The maximum absolute atomic E-state index is 14.5. The Hall–Kier alpha value is -16.4. The van der Waals surface area contributed by atoms with E-state index >= 15 is 0 Å². The number of primary amides is 1. The molecule has 23 N–H and O–H groups in total. The van der Waals surface area contributed by atoms with Crippen molar-refractivity contribution in [1.82, 2.24) is 149 Å². The number of rotatable bonds is 47. The summed E-state index contributed by atoms with van der Waals surface area (Å²) in [4.78, 5) is 298. The Morgan fingerprint density at radius 2 is 0.891 bits per heavy atom. The average molecular weight is 1790 g/mol. The number of pyridine rings is 2. The van der Waals surface area contributed by atoms with Gasteiger partial charge >= 0.3 is 11.4 Å². The number of carbonyl (C=O) groups is 13. The Morgan fingerprint density at radius 3 is 1.36 bits per heavy atom. The van der Waals surface area contributed by atoms with Crippen LogP contribution in [0.2, 0.25) is 0 Å². The van der Waals surface area contributed by atoms with Gasteiger partial charge in [0.05, 0.1) is 64.7 Å². The van der Waals surface area contributed by atoms with Crippen LogP contribution in [0.25, 0.3) is 44.5 Å². The van der Waals surface area contributed by atoms with Crippen molar-refractivity contribution in [2.45, 2.75) is 71.4 Å². The van der Waals surface area contributed by atoms with E-state index in [4.69, 9.17) is 40.1 Å². The molecule has 684 valence electrons. The summed E-state index contributed by atoms with van der Waals surface area (Å²) in [5, 5.41) is 16.0. The first-order chi connectivity index (χ1) is 61.7. The Kier molecular flexibility index (Phi) is 32.9. The largest absolute Gasteiger partial charge is 0.383 e. The van der Waals surface area contributed by atoms with Crippen molar-refractivity contribution in [3.8, 4) is 0 Å². The van der Waals surface area contributed by atoms with Gasteiger partial charge in [0.2, 0.25) is 82.7 Å². The highest BCUT2D eigenvalue weighted by Gasteiger charge is 2.29. The van der Waals surface area contributed by atoms with Gasteiger partial charge in [0.1, 0.15) is 73.9 Å². The van der Waals surface area contributed by atoms with Crippen LogP contribution in [-0.2, 0) is 101 Å². The lowest BCUT2D eigenvalue weighted by atomic mass is 10.1. The van der Waals surface area contributed by atoms with E-state index in [1.54, 1.807) is 12.1 Å². The molecule has 0 radical (unpaired) electrons. The standard InChI is InChI=1S/C74H95N37O18/c1-42-25-108(74(129)100-69(42)125)33-55(120)103(28-49(114)85-14-21-105(58(123)35-110-40-93-60-63(79)89-38-91-67(60)110)30-51(116)86-15-22-106(54(119)32-107-16-7-46(77)96-73(107)128)31-52(117)95-45(64(80)124)6-2-3-8-75)19-12-84-50(115)29-104(57(122)34-109-39-92-59-62(78)88-37-90-66(59)109)20-13-83-48(113)27-102(53(118)24-44-23-43-5-4-10-87-65(43)97-70(44)126)18-11-82-47(112)26-101(17-9-76)56(121)36-111-41-94-61-68(111)98-72(81)99-71(61)127/h4-5,7,10,16,23,25,37-41,45H,2-3,6,8-9,11-15,17-22,24,26-36,75-76H2,1H3,(H2,80,124)(H,82,112)(H,83,113)(H,84,115)(H,85,114)(H,86,116)(H,95,117)(H2,77,96,128)(H2,78,88,90)(H2,79,89,91)(H,87,97,126)(H,100,125,129)(H3,81,98,99,127)/t45-/m0/s1. The van der Waals surface area contributed by atoms with Crippen LogP contribution < -0.4 is 100 Å². The molecular weight excluding hydrogens is 1700 g/mol. The number of amides is 13. The highest BCUT2D eigenvalue weighted by molar-refractivity contribution is 5.93. The molecule has 55 heteroatoms. The van der Waals surface area contributed by atoms with Gasteiger partial charge in [-0.2, -0.15) is 9.97 Å². The van der Waals surface area contributed by atoms with Crippen LogP contribution in [0.15, 0.2) is 98.5 Å². The molecule has 129 heavy (non-hydrogen) atoms. The molecule has 10 rings (SSSR count). The van der Waals surface area contributed by atoms with E-state index < -0.39 is 235 Å². The van der Waals surface area contributed by atoms with E-state index in [1.165, 1.54) is 64.1 Å². The number of fused-ring (bicyclic) bond motifs is 4. The fraction of sp³-hybridized carbons (Fsp3) is 0.405. The Labute approximate surface area is 726 Å². The summed E-state index contributed by atoms with van der Waals surface area (Å²) in [6.45, 7) is -9.75. The van der Waals surface area contributed by atoms with Gasteiger partial charge in [-0.15, -0.1) is 0 Å².